The second-order valence-electron chi connectivity index (χ2n) is 4.29. The van der Waals surface area contributed by atoms with Crippen LogP contribution < -0.4 is 10.1 Å². The first kappa shape index (κ1) is 15.5. The van der Waals surface area contributed by atoms with Crippen molar-refractivity contribution in [1.82, 2.24) is 5.32 Å². The van der Waals surface area contributed by atoms with Crippen LogP contribution >= 0.6 is 34.8 Å². The Morgan fingerprint density at radius 2 is 1.75 bits per heavy atom. The Morgan fingerprint density at radius 3 is 2.45 bits per heavy atom. The van der Waals surface area contributed by atoms with Crippen LogP contribution in [0.1, 0.15) is 11.1 Å². The van der Waals surface area contributed by atoms with Gasteiger partial charge in [-0.2, -0.15) is 0 Å². The topological polar surface area (TPSA) is 21.3 Å². The second kappa shape index (κ2) is 7.19. The predicted octanol–water partition coefficient (Wildman–Crippen LogP) is 4.95. The molecule has 0 amide bonds. The van der Waals surface area contributed by atoms with Gasteiger partial charge < -0.3 is 10.1 Å². The van der Waals surface area contributed by atoms with E-state index in [0.717, 1.165) is 11.1 Å². The van der Waals surface area contributed by atoms with Crippen molar-refractivity contribution < 1.29 is 4.74 Å². The second-order valence-corrected chi connectivity index (χ2v) is 5.54. The zero-order valence-electron chi connectivity index (χ0n) is 10.9. The molecule has 5 heteroatoms. The van der Waals surface area contributed by atoms with E-state index in [4.69, 9.17) is 39.5 Å². The van der Waals surface area contributed by atoms with Crippen molar-refractivity contribution in [2.45, 2.75) is 13.2 Å². The van der Waals surface area contributed by atoms with Crippen molar-refractivity contribution in [2.24, 2.45) is 0 Å². The van der Waals surface area contributed by atoms with Crippen molar-refractivity contribution in [3.8, 4) is 5.75 Å². The lowest BCUT2D eigenvalue weighted by Gasteiger charge is -2.14. The molecule has 0 aliphatic carbocycles. The van der Waals surface area contributed by atoms with Gasteiger partial charge in [0, 0.05) is 27.7 Å². The molecule has 0 heterocycles. The summed E-state index contributed by atoms with van der Waals surface area (Å²) in [5.41, 5.74) is 1.83. The Balaban J connectivity index is 2.22. The molecule has 0 aliphatic rings. The summed E-state index contributed by atoms with van der Waals surface area (Å²) in [4.78, 5) is 0. The summed E-state index contributed by atoms with van der Waals surface area (Å²) in [6.07, 6.45) is 0. The molecule has 106 valence electrons. The molecule has 0 atom stereocenters. The highest BCUT2D eigenvalue weighted by molar-refractivity contribution is 6.35. The van der Waals surface area contributed by atoms with Crippen molar-refractivity contribution in [1.29, 1.82) is 0 Å². The molecule has 0 bridgehead atoms. The summed E-state index contributed by atoms with van der Waals surface area (Å²) in [6.45, 7) is 0.982. The average Bonchev–Trinajstić information content (AvgIpc) is 2.40. The Bertz CT molecular complexity index is 602. The molecule has 2 aromatic rings. The normalized spacial score (nSPS) is 10.6. The Kier molecular flexibility index (Phi) is 5.55. The zero-order chi connectivity index (χ0) is 14.5. The van der Waals surface area contributed by atoms with Crippen LogP contribution in [0.2, 0.25) is 15.1 Å². The van der Waals surface area contributed by atoms with E-state index in [1.807, 2.05) is 37.4 Å². The largest absolute Gasteiger partial charge is 0.487 e. The van der Waals surface area contributed by atoms with E-state index in [1.165, 1.54) is 0 Å². The third-order valence-electron chi connectivity index (χ3n) is 2.78. The van der Waals surface area contributed by atoms with Crippen LogP contribution in [0.5, 0.6) is 5.75 Å². The minimum absolute atomic E-state index is 0.359. The summed E-state index contributed by atoms with van der Waals surface area (Å²) in [7, 11) is 1.85. The fourth-order valence-electron chi connectivity index (χ4n) is 1.86. The molecule has 0 unspecified atom stereocenters. The number of benzene rings is 2. The van der Waals surface area contributed by atoms with E-state index in [1.54, 1.807) is 6.07 Å². The number of nitrogens with one attached hydrogen (secondary N) is 1. The van der Waals surface area contributed by atoms with E-state index >= 15 is 0 Å². The summed E-state index contributed by atoms with van der Waals surface area (Å²) < 4.78 is 5.83. The number of rotatable bonds is 5. The van der Waals surface area contributed by atoms with Gasteiger partial charge in [0.2, 0.25) is 0 Å². The van der Waals surface area contributed by atoms with Crippen LogP contribution in [0, 0.1) is 0 Å². The quantitative estimate of drug-likeness (QED) is 0.838. The lowest BCUT2D eigenvalue weighted by molar-refractivity contribution is 0.302. The maximum absolute atomic E-state index is 6.21. The predicted molar refractivity (Wildman–Crippen MR) is 85.0 cm³/mol. The molecular formula is C15H14Cl3NO. The van der Waals surface area contributed by atoms with Crippen molar-refractivity contribution >= 4 is 34.8 Å². The molecule has 0 radical (unpaired) electrons. The summed E-state index contributed by atoms with van der Waals surface area (Å²) in [5.74, 6) is 0.630. The van der Waals surface area contributed by atoms with E-state index in [-0.39, 0.29) is 0 Å². The summed E-state index contributed by atoms with van der Waals surface area (Å²) >= 11 is 18.3. The van der Waals surface area contributed by atoms with Crippen molar-refractivity contribution in [2.75, 3.05) is 7.05 Å². The van der Waals surface area contributed by atoms with E-state index in [9.17, 15) is 0 Å². The average molecular weight is 331 g/mol. The standard InChI is InChI=1S/C15H14Cl3NO/c1-19-8-11-6-12(16)7-14(18)15(11)20-9-10-4-2-3-5-13(10)17/h2-7,19H,8-9H2,1H3. The van der Waals surface area contributed by atoms with Crippen LogP contribution in [0.3, 0.4) is 0 Å². The van der Waals surface area contributed by atoms with E-state index < -0.39 is 0 Å². The SMILES string of the molecule is CNCc1cc(Cl)cc(Cl)c1OCc1ccccc1Cl. The minimum atomic E-state index is 0.359. The number of ether oxygens (including phenoxy) is 1. The Morgan fingerprint density at radius 1 is 1.00 bits per heavy atom. The van der Waals surface area contributed by atoms with Gasteiger partial charge in [0.25, 0.3) is 0 Å². The molecule has 0 aromatic heterocycles. The number of hydrogen-bond acceptors (Lipinski definition) is 2. The van der Waals surface area contributed by atoms with Gasteiger partial charge in [0.05, 0.1) is 5.02 Å². The molecular weight excluding hydrogens is 317 g/mol. The van der Waals surface area contributed by atoms with Gasteiger partial charge in [0.1, 0.15) is 12.4 Å². The molecule has 2 nitrogen and oxygen atoms in total. The highest BCUT2D eigenvalue weighted by atomic mass is 35.5. The van der Waals surface area contributed by atoms with Gasteiger partial charge in [-0.3, -0.25) is 0 Å². The van der Waals surface area contributed by atoms with Crippen molar-refractivity contribution in [3.63, 3.8) is 0 Å². The Labute approximate surface area is 133 Å². The van der Waals surface area contributed by atoms with E-state index in [0.29, 0.717) is 34.0 Å². The maximum Gasteiger partial charge on any atom is 0.142 e. The van der Waals surface area contributed by atoms with Crippen molar-refractivity contribution in [3.05, 3.63) is 62.6 Å². The number of hydrogen-bond donors (Lipinski definition) is 1. The van der Waals surface area contributed by atoms with Gasteiger partial charge in [-0.15, -0.1) is 0 Å². The monoisotopic (exact) mass is 329 g/mol. The maximum atomic E-state index is 6.21. The van der Waals surface area contributed by atoms with Gasteiger partial charge in [0.15, 0.2) is 0 Å². The smallest absolute Gasteiger partial charge is 0.142 e. The molecule has 1 N–H and O–H groups in total. The molecule has 20 heavy (non-hydrogen) atoms. The first-order chi connectivity index (χ1) is 9.61. The van der Waals surface area contributed by atoms with Crippen LogP contribution in [-0.2, 0) is 13.2 Å². The first-order valence-corrected chi connectivity index (χ1v) is 7.24. The molecule has 2 rings (SSSR count). The van der Waals surface area contributed by atoms with Crippen LogP contribution in [-0.4, -0.2) is 7.05 Å². The highest BCUT2D eigenvalue weighted by Crippen LogP contribution is 2.33. The third-order valence-corrected chi connectivity index (χ3v) is 3.65. The van der Waals surface area contributed by atoms with Crippen LogP contribution in [0.15, 0.2) is 36.4 Å². The van der Waals surface area contributed by atoms with Gasteiger partial charge in [-0.25, -0.2) is 0 Å². The summed E-state index contributed by atoms with van der Waals surface area (Å²) in [6, 6.07) is 11.1. The molecule has 2 aromatic carbocycles. The number of halogens is 3. The molecule has 0 saturated carbocycles. The lowest BCUT2D eigenvalue weighted by atomic mass is 10.2. The fourth-order valence-corrected chi connectivity index (χ4v) is 2.64. The van der Waals surface area contributed by atoms with Gasteiger partial charge in [-0.1, -0.05) is 53.0 Å². The zero-order valence-corrected chi connectivity index (χ0v) is 13.2. The highest BCUT2D eigenvalue weighted by Gasteiger charge is 2.11. The van der Waals surface area contributed by atoms with Gasteiger partial charge >= 0.3 is 0 Å². The molecule has 0 fully saturated rings. The Hall–Kier alpha value is -0.930. The van der Waals surface area contributed by atoms with E-state index in [2.05, 4.69) is 5.32 Å². The van der Waals surface area contributed by atoms with Crippen LogP contribution in [0.25, 0.3) is 0 Å². The van der Waals surface area contributed by atoms with Crippen LogP contribution in [0.4, 0.5) is 0 Å². The summed E-state index contributed by atoms with van der Waals surface area (Å²) in [5, 5.41) is 4.82. The lowest BCUT2D eigenvalue weighted by Crippen LogP contribution is -2.08. The third kappa shape index (κ3) is 3.80. The molecule has 0 aliphatic heterocycles. The molecule has 0 saturated heterocycles. The van der Waals surface area contributed by atoms with Gasteiger partial charge in [-0.05, 0) is 25.2 Å². The minimum Gasteiger partial charge on any atom is -0.487 e. The fraction of sp³-hybridized carbons (Fsp3) is 0.200. The molecule has 0 spiro atoms. The first-order valence-electron chi connectivity index (χ1n) is 6.10.